The summed E-state index contributed by atoms with van der Waals surface area (Å²) < 4.78 is 5.31. The van der Waals surface area contributed by atoms with Crippen LogP contribution in [0, 0.1) is 5.41 Å². The van der Waals surface area contributed by atoms with Crippen molar-refractivity contribution in [2.75, 3.05) is 32.8 Å². The third-order valence-corrected chi connectivity index (χ3v) is 3.98. The lowest BCUT2D eigenvalue weighted by molar-refractivity contribution is 0.145. The Balaban J connectivity index is 2.21. The lowest BCUT2D eigenvalue weighted by atomic mass is 9.85. The highest BCUT2D eigenvalue weighted by molar-refractivity contribution is 7.80. The number of ether oxygens (including phenoxy) is 1. The van der Waals surface area contributed by atoms with Gasteiger partial charge in [0.1, 0.15) is 0 Å². The monoisotopic (exact) mass is 272 g/mol. The molecule has 1 aliphatic rings. The molecular weight excluding hydrogens is 244 g/mol. The van der Waals surface area contributed by atoms with Crippen LogP contribution in [-0.4, -0.2) is 42.9 Å². The first-order valence-corrected chi connectivity index (χ1v) is 7.56. The van der Waals surface area contributed by atoms with Gasteiger partial charge in [0.05, 0.1) is 0 Å². The third-order valence-electron chi connectivity index (χ3n) is 3.57. The fraction of sp³-hybridized carbons (Fsp3) is 0.929. The van der Waals surface area contributed by atoms with Crippen LogP contribution in [0.25, 0.3) is 0 Å². The number of hydrogen-bond donors (Lipinski definition) is 1. The third kappa shape index (κ3) is 6.01. The van der Waals surface area contributed by atoms with Gasteiger partial charge in [-0.1, -0.05) is 13.8 Å². The molecule has 0 saturated carbocycles. The van der Waals surface area contributed by atoms with Crippen LogP contribution in [0.1, 0.15) is 46.5 Å². The van der Waals surface area contributed by atoms with E-state index in [0.29, 0.717) is 5.41 Å². The van der Waals surface area contributed by atoms with E-state index in [9.17, 15) is 0 Å². The highest BCUT2D eigenvalue weighted by atomic mass is 32.1. The summed E-state index contributed by atoms with van der Waals surface area (Å²) in [4.78, 5) is 2.32. The van der Waals surface area contributed by atoms with E-state index in [2.05, 4.69) is 24.1 Å². The first-order chi connectivity index (χ1) is 8.55. The Bertz CT molecular complexity index is 256. The Morgan fingerprint density at radius 1 is 1.33 bits per heavy atom. The second-order valence-corrected chi connectivity index (χ2v) is 6.17. The molecule has 4 heteroatoms. The Hall–Kier alpha value is -0.350. The van der Waals surface area contributed by atoms with E-state index < -0.39 is 0 Å². The molecule has 3 nitrogen and oxygen atoms in total. The highest BCUT2D eigenvalue weighted by Crippen LogP contribution is 2.29. The van der Waals surface area contributed by atoms with E-state index in [1.165, 1.54) is 19.3 Å². The SMILES string of the molecule is CCOCCCNC(=S)N1CCCC(C)(C)CC1. The van der Waals surface area contributed by atoms with Crippen molar-refractivity contribution >= 4 is 17.3 Å². The number of thiocarbonyl (C=S) groups is 1. The van der Waals surface area contributed by atoms with Crippen LogP contribution in [0.3, 0.4) is 0 Å². The Morgan fingerprint density at radius 3 is 2.83 bits per heavy atom. The van der Waals surface area contributed by atoms with E-state index in [1.807, 2.05) is 6.92 Å². The van der Waals surface area contributed by atoms with Crippen molar-refractivity contribution in [3.05, 3.63) is 0 Å². The van der Waals surface area contributed by atoms with Crippen molar-refractivity contribution in [2.24, 2.45) is 5.41 Å². The van der Waals surface area contributed by atoms with Crippen LogP contribution in [0.5, 0.6) is 0 Å². The van der Waals surface area contributed by atoms with Gasteiger partial charge < -0.3 is 15.0 Å². The predicted molar refractivity (Wildman–Crippen MR) is 80.9 cm³/mol. The minimum atomic E-state index is 0.472. The zero-order valence-corrected chi connectivity index (χ0v) is 12.9. The number of hydrogen-bond acceptors (Lipinski definition) is 2. The molecular formula is C14H28N2OS. The summed E-state index contributed by atoms with van der Waals surface area (Å²) in [6.07, 6.45) is 4.80. The van der Waals surface area contributed by atoms with E-state index >= 15 is 0 Å². The smallest absolute Gasteiger partial charge is 0.168 e. The minimum absolute atomic E-state index is 0.472. The number of likely N-dealkylation sites (tertiary alicyclic amines) is 1. The predicted octanol–water partition coefficient (Wildman–Crippen LogP) is 2.80. The largest absolute Gasteiger partial charge is 0.382 e. The molecule has 0 bridgehead atoms. The Morgan fingerprint density at radius 2 is 2.11 bits per heavy atom. The van der Waals surface area contributed by atoms with Crippen LogP contribution >= 0.6 is 12.2 Å². The van der Waals surface area contributed by atoms with E-state index in [4.69, 9.17) is 17.0 Å². The zero-order valence-electron chi connectivity index (χ0n) is 12.1. The molecule has 0 spiro atoms. The number of rotatable bonds is 5. The second kappa shape index (κ2) is 7.95. The van der Waals surface area contributed by atoms with Crippen molar-refractivity contribution in [3.63, 3.8) is 0 Å². The average molecular weight is 272 g/mol. The van der Waals surface area contributed by atoms with Gasteiger partial charge in [-0.15, -0.1) is 0 Å². The van der Waals surface area contributed by atoms with Crippen molar-refractivity contribution in [3.8, 4) is 0 Å². The molecule has 1 saturated heterocycles. The summed E-state index contributed by atoms with van der Waals surface area (Å²) in [5.74, 6) is 0. The van der Waals surface area contributed by atoms with Crippen LogP contribution < -0.4 is 5.32 Å². The molecule has 0 radical (unpaired) electrons. The van der Waals surface area contributed by atoms with Gasteiger partial charge in [-0.2, -0.15) is 0 Å². The lowest BCUT2D eigenvalue weighted by Crippen LogP contribution is -2.41. The number of nitrogens with zero attached hydrogens (tertiary/aromatic N) is 1. The quantitative estimate of drug-likeness (QED) is 0.614. The molecule has 0 unspecified atom stereocenters. The van der Waals surface area contributed by atoms with Crippen LogP contribution in [-0.2, 0) is 4.74 Å². The van der Waals surface area contributed by atoms with Gasteiger partial charge in [-0.25, -0.2) is 0 Å². The maximum atomic E-state index is 5.46. The van der Waals surface area contributed by atoms with Crippen molar-refractivity contribution in [1.29, 1.82) is 0 Å². The maximum Gasteiger partial charge on any atom is 0.168 e. The molecule has 0 aromatic rings. The standard InChI is InChI=1S/C14H28N2OS/c1-4-17-12-6-9-15-13(18)16-10-5-7-14(2,3)8-11-16/h4-12H2,1-3H3,(H,15,18). The molecule has 1 rings (SSSR count). The van der Waals surface area contributed by atoms with E-state index in [0.717, 1.165) is 44.4 Å². The lowest BCUT2D eigenvalue weighted by Gasteiger charge is -2.25. The van der Waals surface area contributed by atoms with Crippen LogP contribution in [0.4, 0.5) is 0 Å². The molecule has 0 aliphatic carbocycles. The molecule has 0 atom stereocenters. The summed E-state index contributed by atoms with van der Waals surface area (Å²) in [5.41, 5.74) is 0.472. The summed E-state index contributed by atoms with van der Waals surface area (Å²) >= 11 is 5.46. The normalized spacial score (nSPS) is 19.4. The van der Waals surface area contributed by atoms with Crippen molar-refractivity contribution < 1.29 is 4.74 Å². The van der Waals surface area contributed by atoms with Gasteiger partial charge in [-0.3, -0.25) is 0 Å². The molecule has 1 aliphatic heterocycles. The first kappa shape index (κ1) is 15.7. The van der Waals surface area contributed by atoms with Crippen LogP contribution in [0.15, 0.2) is 0 Å². The summed E-state index contributed by atoms with van der Waals surface area (Å²) in [7, 11) is 0. The van der Waals surface area contributed by atoms with Gasteiger partial charge in [-0.05, 0) is 50.2 Å². The molecule has 0 aromatic heterocycles. The zero-order chi connectivity index (χ0) is 13.4. The summed E-state index contributed by atoms with van der Waals surface area (Å²) in [5, 5.41) is 4.26. The molecule has 1 heterocycles. The Labute approximate surface area is 117 Å². The molecule has 106 valence electrons. The van der Waals surface area contributed by atoms with E-state index in [1.54, 1.807) is 0 Å². The van der Waals surface area contributed by atoms with Crippen molar-refractivity contribution in [1.82, 2.24) is 10.2 Å². The molecule has 18 heavy (non-hydrogen) atoms. The fourth-order valence-corrected chi connectivity index (χ4v) is 2.54. The highest BCUT2D eigenvalue weighted by Gasteiger charge is 2.23. The minimum Gasteiger partial charge on any atom is -0.382 e. The summed E-state index contributed by atoms with van der Waals surface area (Å²) in [6.45, 7) is 11.5. The molecule has 0 aromatic carbocycles. The Kier molecular flexibility index (Phi) is 6.94. The molecule has 1 fully saturated rings. The maximum absolute atomic E-state index is 5.46. The fourth-order valence-electron chi connectivity index (χ4n) is 2.25. The van der Waals surface area contributed by atoms with Crippen molar-refractivity contribution in [2.45, 2.75) is 46.5 Å². The summed E-state index contributed by atoms with van der Waals surface area (Å²) in [6, 6.07) is 0. The number of nitrogens with one attached hydrogen (secondary N) is 1. The topological polar surface area (TPSA) is 24.5 Å². The average Bonchev–Trinajstić information content (AvgIpc) is 2.50. The van der Waals surface area contributed by atoms with Gasteiger partial charge in [0.25, 0.3) is 0 Å². The van der Waals surface area contributed by atoms with Gasteiger partial charge in [0.15, 0.2) is 5.11 Å². The first-order valence-electron chi connectivity index (χ1n) is 7.16. The van der Waals surface area contributed by atoms with Crippen LogP contribution in [0.2, 0.25) is 0 Å². The van der Waals surface area contributed by atoms with E-state index in [-0.39, 0.29) is 0 Å². The van der Waals surface area contributed by atoms with Gasteiger partial charge in [0, 0.05) is 32.8 Å². The second-order valence-electron chi connectivity index (χ2n) is 5.79. The molecule has 0 amide bonds. The van der Waals surface area contributed by atoms with Gasteiger partial charge in [0.2, 0.25) is 0 Å². The van der Waals surface area contributed by atoms with Gasteiger partial charge >= 0.3 is 0 Å². The molecule has 1 N–H and O–H groups in total.